The van der Waals surface area contributed by atoms with Crippen molar-refractivity contribution in [3.05, 3.63) is 40.9 Å². The van der Waals surface area contributed by atoms with Gasteiger partial charge < -0.3 is 9.31 Å². The van der Waals surface area contributed by atoms with Crippen molar-refractivity contribution in [2.24, 2.45) is 0 Å². The van der Waals surface area contributed by atoms with E-state index in [2.05, 4.69) is 0 Å². The van der Waals surface area contributed by atoms with Gasteiger partial charge in [-0.3, -0.25) is 9.59 Å². The number of hydrogen-bond acceptors (Lipinski definition) is 5. The molecule has 1 fully saturated rings. The Morgan fingerprint density at radius 1 is 1.14 bits per heavy atom. The molecule has 0 spiro atoms. The molecule has 2 rings (SSSR count). The van der Waals surface area contributed by atoms with Gasteiger partial charge in [0.25, 0.3) is 5.78 Å². The Morgan fingerprint density at radius 3 is 2.21 bits per heavy atom. The Bertz CT molecular complexity index is 787. The third-order valence-corrected chi connectivity index (χ3v) is 5.64. The summed E-state index contributed by atoms with van der Waals surface area (Å²) < 4.78 is 50.1. The van der Waals surface area contributed by atoms with Gasteiger partial charge in [-0.25, -0.2) is 0 Å². The average Bonchev–Trinajstić information content (AvgIpc) is 2.77. The topological polar surface area (TPSA) is 52.6 Å². The van der Waals surface area contributed by atoms with Gasteiger partial charge in [-0.15, -0.1) is 0 Å². The molecule has 0 aromatic heterocycles. The van der Waals surface area contributed by atoms with Crippen LogP contribution in [-0.4, -0.2) is 41.1 Å². The quantitative estimate of drug-likeness (QED) is 0.515. The van der Waals surface area contributed by atoms with Crippen molar-refractivity contribution >= 4 is 35.9 Å². The minimum Gasteiger partial charge on any atom is -0.400 e. The molecule has 1 heterocycles. The zero-order valence-electron chi connectivity index (χ0n) is 16.3. The van der Waals surface area contributed by atoms with Gasteiger partial charge in [0, 0.05) is 18.2 Å². The number of hydrogen-bond donors (Lipinski definition) is 0. The summed E-state index contributed by atoms with van der Waals surface area (Å²) >= 11 is 1.05. The number of halogens is 3. The summed E-state index contributed by atoms with van der Waals surface area (Å²) in [5, 5.41) is -0.108. The van der Waals surface area contributed by atoms with Crippen molar-refractivity contribution < 1.29 is 32.1 Å². The number of Topliss-reactive ketones (excluding diaryl/α,β-unsaturated/α-hetero) is 1. The molecular formula is C19H22BF3O4S. The van der Waals surface area contributed by atoms with Crippen LogP contribution >= 0.6 is 11.8 Å². The van der Waals surface area contributed by atoms with Crippen LogP contribution in [0.1, 0.15) is 50.5 Å². The minimum absolute atomic E-state index is 0.108. The highest BCUT2D eigenvalue weighted by Crippen LogP contribution is 2.39. The van der Waals surface area contributed by atoms with Crippen LogP contribution in [0.4, 0.5) is 13.2 Å². The van der Waals surface area contributed by atoms with E-state index in [1.807, 2.05) is 27.7 Å². The summed E-state index contributed by atoms with van der Waals surface area (Å²) in [6.07, 6.45) is -3.34. The highest BCUT2D eigenvalue weighted by atomic mass is 32.2. The van der Waals surface area contributed by atoms with Gasteiger partial charge >= 0.3 is 13.3 Å². The molecule has 9 heteroatoms. The number of thioether (sulfide) groups is 1. The van der Waals surface area contributed by atoms with Crippen molar-refractivity contribution in [2.45, 2.75) is 52.0 Å². The van der Waals surface area contributed by atoms with Crippen molar-refractivity contribution in [1.29, 1.82) is 0 Å². The van der Waals surface area contributed by atoms with Crippen LogP contribution in [-0.2, 0) is 14.1 Å². The average molecular weight is 414 g/mol. The zero-order chi connectivity index (χ0) is 21.3. The van der Waals surface area contributed by atoms with Gasteiger partial charge in [0.2, 0.25) is 0 Å². The third kappa shape index (κ3) is 5.27. The lowest BCUT2D eigenvalue weighted by Gasteiger charge is -2.32. The molecule has 1 aromatic carbocycles. The van der Waals surface area contributed by atoms with E-state index in [4.69, 9.17) is 9.31 Å². The molecule has 28 heavy (non-hydrogen) atoms. The summed E-state index contributed by atoms with van der Waals surface area (Å²) in [4.78, 5) is 22.9. The van der Waals surface area contributed by atoms with Crippen LogP contribution in [0.2, 0.25) is 0 Å². The molecule has 0 saturated carbocycles. The smallest absolute Gasteiger partial charge is 0.400 e. The van der Waals surface area contributed by atoms with E-state index in [0.29, 0.717) is 11.0 Å². The van der Waals surface area contributed by atoms with Crippen LogP contribution in [0.25, 0.3) is 6.08 Å². The summed E-state index contributed by atoms with van der Waals surface area (Å²) in [5.74, 6) is -1.65. The molecule has 0 unspecified atom stereocenters. The van der Waals surface area contributed by atoms with Gasteiger partial charge in [0.05, 0.1) is 11.2 Å². The van der Waals surface area contributed by atoms with Crippen LogP contribution in [0.3, 0.4) is 0 Å². The van der Waals surface area contributed by atoms with E-state index in [1.165, 1.54) is 19.1 Å². The molecular weight excluding hydrogens is 392 g/mol. The number of carbonyl (C=O) groups excluding carboxylic acids is 2. The number of ketones is 1. The Morgan fingerprint density at radius 2 is 1.71 bits per heavy atom. The predicted octanol–water partition coefficient (Wildman–Crippen LogP) is 4.73. The number of alkyl halides is 3. The fraction of sp³-hybridized carbons (Fsp3) is 0.474. The first-order chi connectivity index (χ1) is 12.7. The lowest BCUT2D eigenvalue weighted by Crippen LogP contribution is -2.41. The van der Waals surface area contributed by atoms with Gasteiger partial charge in [0.1, 0.15) is 0 Å². The summed E-state index contributed by atoms with van der Waals surface area (Å²) in [6, 6.07) is 5.24. The second-order valence-electron chi connectivity index (χ2n) is 7.54. The Kier molecular flexibility index (Phi) is 6.52. The molecule has 0 amide bonds. The Hall–Kier alpha value is -1.58. The van der Waals surface area contributed by atoms with Crippen LogP contribution in [0.5, 0.6) is 0 Å². The van der Waals surface area contributed by atoms with Gasteiger partial charge in [0.15, 0.2) is 5.12 Å². The van der Waals surface area contributed by atoms with Gasteiger partial charge in [-0.2, -0.15) is 13.2 Å². The number of carbonyl (C=O) groups is 2. The molecule has 152 valence electrons. The molecule has 1 saturated heterocycles. The van der Waals surface area contributed by atoms with Crippen LogP contribution in [0.15, 0.2) is 29.7 Å². The molecule has 1 aliphatic heterocycles. The van der Waals surface area contributed by atoms with Gasteiger partial charge in [-0.1, -0.05) is 36.0 Å². The standard InChI is InChI=1S/C19H22BF3O4S/c1-12(24)28-11-15(20-26-17(2,3)18(4,5)27-20)10-13-7-6-8-14(9-13)16(25)19(21,22)23/h6-10H,11H2,1-5H3. The van der Waals surface area contributed by atoms with E-state index in [1.54, 1.807) is 12.1 Å². The van der Waals surface area contributed by atoms with E-state index < -0.39 is 35.8 Å². The van der Waals surface area contributed by atoms with E-state index >= 15 is 0 Å². The fourth-order valence-electron chi connectivity index (χ4n) is 2.50. The molecule has 0 radical (unpaired) electrons. The van der Waals surface area contributed by atoms with Crippen LogP contribution in [0, 0.1) is 0 Å². The molecule has 4 nitrogen and oxygen atoms in total. The van der Waals surface area contributed by atoms with Crippen molar-refractivity contribution in [1.82, 2.24) is 0 Å². The lowest BCUT2D eigenvalue weighted by molar-refractivity contribution is -0.109. The maximum Gasteiger partial charge on any atom is 0.491 e. The first kappa shape index (κ1) is 22.7. The SMILES string of the molecule is CC(=O)SCC(=Cc1cccc(C(=O)C(F)(F)F)c1)B1OC(C)(C)C(C)(C)O1. The zero-order valence-corrected chi connectivity index (χ0v) is 17.2. The number of benzene rings is 1. The highest BCUT2D eigenvalue weighted by molar-refractivity contribution is 8.13. The number of rotatable bonds is 5. The first-order valence-corrected chi connectivity index (χ1v) is 9.62. The molecule has 1 aliphatic rings. The molecule has 0 N–H and O–H groups in total. The maximum atomic E-state index is 12.7. The van der Waals surface area contributed by atoms with E-state index in [-0.39, 0.29) is 10.9 Å². The van der Waals surface area contributed by atoms with E-state index in [0.717, 1.165) is 17.8 Å². The molecule has 0 aliphatic carbocycles. The third-order valence-electron chi connectivity index (χ3n) is 4.76. The fourth-order valence-corrected chi connectivity index (χ4v) is 3.09. The predicted molar refractivity (Wildman–Crippen MR) is 104 cm³/mol. The highest BCUT2D eigenvalue weighted by Gasteiger charge is 2.52. The summed E-state index contributed by atoms with van der Waals surface area (Å²) in [5.41, 5.74) is -0.675. The van der Waals surface area contributed by atoms with E-state index in [9.17, 15) is 22.8 Å². The van der Waals surface area contributed by atoms with Gasteiger partial charge in [-0.05, 0) is 44.8 Å². The Labute approximate surface area is 167 Å². The Balaban J connectivity index is 2.38. The second-order valence-corrected chi connectivity index (χ2v) is 8.69. The molecule has 0 bridgehead atoms. The molecule has 0 atom stereocenters. The van der Waals surface area contributed by atoms with Crippen LogP contribution < -0.4 is 0 Å². The normalized spacial score (nSPS) is 19.0. The maximum absolute atomic E-state index is 12.7. The minimum atomic E-state index is -4.94. The lowest BCUT2D eigenvalue weighted by atomic mass is 9.78. The van der Waals surface area contributed by atoms with Crippen molar-refractivity contribution in [3.63, 3.8) is 0 Å². The largest absolute Gasteiger partial charge is 0.491 e. The molecule has 1 aromatic rings. The second kappa shape index (κ2) is 8.04. The van der Waals surface area contributed by atoms with Crippen molar-refractivity contribution in [3.8, 4) is 0 Å². The monoisotopic (exact) mass is 414 g/mol. The van der Waals surface area contributed by atoms with Crippen molar-refractivity contribution in [2.75, 3.05) is 5.75 Å². The summed E-state index contributed by atoms with van der Waals surface area (Å²) in [6.45, 7) is 8.95. The first-order valence-electron chi connectivity index (χ1n) is 8.64. The summed E-state index contributed by atoms with van der Waals surface area (Å²) in [7, 11) is -0.751.